The summed E-state index contributed by atoms with van der Waals surface area (Å²) in [5.41, 5.74) is 5.26. The Labute approximate surface area is 184 Å². The van der Waals surface area contributed by atoms with Crippen molar-refractivity contribution < 1.29 is 9.59 Å². The monoisotopic (exact) mass is 450 g/mol. The Bertz CT molecular complexity index is 1060. The van der Waals surface area contributed by atoms with Gasteiger partial charge in [0.1, 0.15) is 11.5 Å². The minimum absolute atomic E-state index is 0.00313. The maximum absolute atomic E-state index is 12.6. The number of amides is 2. The molecule has 168 valence electrons. The fourth-order valence-corrected chi connectivity index (χ4v) is 3.13. The molecule has 1 aromatic carbocycles. The van der Waals surface area contributed by atoms with Gasteiger partial charge >= 0.3 is 5.69 Å². The number of H-pyrrole nitrogens is 1. The molecule has 0 saturated heterocycles. The van der Waals surface area contributed by atoms with E-state index in [0.717, 1.165) is 6.42 Å². The Morgan fingerprint density at radius 2 is 1.87 bits per heavy atom. The van der Waals surface area contributed by atoms with E-state index in [4.69, 9.17) is 17.3 Å². The number of hydrogen-bond acceptors (Lipinski definition) is 6. The van der Waals surface area contributed by atoms with Crippen LogP contribution in [0.4, 0.5) is 17.2 Å². The van der Waals surface area contributed by atoms with Crippen LogP contribution >= 0.6 is 11.6 Å². The molecule has 0 saturated carbocycles. The van der Waals surface area contributed by atoms with Gasteiger partial charge in [-0.15, -0.1) is 0 Å². The van der Waals surface area contributed by atoms with Crippen LogP contribution in [-0.2, 0) is 16.1 Å². The minimum Gasteiger partial charge on any atom is -0.383 e. The van der Waals surface area contributed by atoms with Gasteiger partial charge in [0.05, 0.1) is 23.8 Å². The van der Waals surface area contributed by atoms with Crippen LogP contribution < -0.4 is 27.2 Å². The molecule has 0 spiro atoms. The minimum atomic E-state index is -0.676. The van der Waals surface area contributed by atoms with Gasteiger partial charge in [0, 0.05) is 20.6 Å². The van der Waals surface area contributed by atoms with Crippen molar-refractivity contribution in [1.82, 2.24) is 14.5 Å². The second kappa shape index (κ2) is 10.7. The van der Waals surface area contributed by atoms with E-state index in [1.54, 1.807) is 24.3 Å². The lowest BCUT2D eigenvalue weighted by Gasteiger charge is -2.24. The zero-order valence-corrected chi connectivity index (χ0v) is 18.5. The average molecular weight is 451 g/mol. The van der Waals surface area contributed by atoms with E-state index in [9.17, 15) is 19.2 Å². The number of carbonyl (C=O) groups is 2. The van der Waals surface area contributed by atoms with Gasteiger partial charge in [-0.2, -0.15) is 0 Å². The SMILES string of the molecule is CCCCn1c(N)c(N(C)CC(=O)N(C)CC(=O)Nc2ccccc2Cl)c(=O)[nH]c1=O. The number of nitrogens with zero attached hydrogens (tertiary/aromatic N) is 3. The number of aromatic nitrogens is 2. The van der Waals surface area contributed by atoms with E-state index in [1.807, 2.05) is 6.92 Å². The van der Waals surface area contributed by atoms with Crippen LogP contribution in [-0.4, -0.2) is 53.5 Å². The number of carbonyl (C=O) groups excluding carboxylic acids is 2. The third-order valence-electron chi connectivity index (χ3n) is 4.66. The Morgan fingerprint density at radius 1 is 1.19 bits per heavy atom. The average Bonchev–Trinajstić information content (AvgIpc) is 2.69. The van der Waals surface area contributed by atoms with Crippen LogP contribution in [0.1, 0.15) is 19.8 Å². The maximum atomic E-state index is 12.6. The number of nitrogen functional groups attached to an aromatic ring is 1. The van der Waals surface area contributed by atoms with Crippen molar-refractivity contribution in [3.05, 3.63) is 50.1 Å². The predicted octanol–water partition coefficient (Wildman–Crippen LogP) is 1.11. The lowest BCUT2D eigenvalue weighted by molar-refractivity contribution is -0.132. The fourth-order valence-electron chi connectivity index (χ4n) is 2.94. The summed E-state index contributed by atoms with van der Waals surface area (Å²) in [6, 6.07) is 6.76. The molecule has 10 nitrogen and oxygen atoms in total. The fraction of sp³-hybridized carbons (Fsp3) is 0.400. The number of anilines is 3. The summed E-state index contributed by atoms with van der Waals surface area (Å²) in [7, 11) is 2.99. The first kappa shape index (κ1) is 24.0. The second-order valence-corrected chi connectivity index (χ2v) is 7.54. The molecule has 4 N–H and O–H groups in total. The molecule has 0 fully saturated rings. The zero-order valence-electron chi connectivity index (χ0n) is 17.8. The molecule has 2 rings (SSSR count). The number of unbranched alkanes of at least 4 members (excludes halogenated alkanes) is 1. The second-order valence-electron chi connectivity index (χ2n) is 7.13. The number of rotatable bonds is 9. The van der Waals surface area contributed by atoms with Crippen LogP contribution in [0.5, 0.6) is 0 Å². The number of hydrogen-bond donors (Lipinski definition) is 3. The number of para-hydroxylation sites is 1. The van der Waals surface area contributed by atoms with Gasteiger partial charge < -0.3 is 20.9 Å². The van der Waals surface area contributed by atoms with Gasteiger partial charge in [0.2, 0.25) is 11.8 Å². The van der Waals surface area contributed by atoms with E-state index in [2.05, 4.69) is 10.3 Å². The molecule has 0 radical (unpaired) electrons. The predicted molar refractivity (Wildman–Crippen MR) is 122 cm³/mol. The molecular weight excluding hydrogens is 424 g/mol. The van der Waals surface area contributed by atoms with Crippen LogP contribution in [0.25, 0.3) is 0 Å². The molecule has 0 aliphatic carbocycles. The number of likely N-dealkylation sites (N-methyl/N-ethyl adjacent to an activating group) is 2. The summed E-state index contributed by atoms with van der Waals surface area (Å²) in [5, 5.41) is 3.03. The molecule has 1 aromatic heterocycles. The first-order valence-electron chi connectivity index (χ1n) is 9.77. The highest BCUT2D eigenvalue weighted by molar-refractivity contribution is 6.33. The Morgan fingerprint density at radius 3 is 2.52 bits per heavy atom. The summed E-state index contributed by atoms with van der Waals surface area (Å²) in [6.07, 6.45) is 1.55. The molecule has 31 heavy (non-hydrogen) atoms. The lowest BCUT2D eigenvalue weighted by atomic mass is 10.3. The largest absolute Gasteiger partial charge is 0.383 e. The number of nitrogens with two attached hydrogens (primary N) is 1. The summed E-state index contributed by atoms with van der Waals surface area (Å²) < 4.78 is 1.28. The Balaban J connectivity index is 2.07. The van der Waals surface area contributed by atoms with Crippen LogP contribution in [0, 0.1) is 0 Å². The van der Waals surface area contributed by atoms with Crippen molar-refractivity contribution in [2.45, 2.75) is 26.3 Å². The van der Waals surface area contributed by atoms with Crippen molar-refractivity contribution in [2.24, 2.45) is 0 Å². The third-order valence-corrected chi connectivity index (χ3v) is 4.99. The van der Waals surface area contributed by atoms with Crippen LogP contribution in [0.2, 0.25) is 5.02 Å². The topological polar surface area (TPSA) is 134 Å². The molecule has 0 unspecified atom stereocenters. The van der Waals surface area contributed by atoms with Gasteiger partial charge in [0.15, 0.2) is 0 Å². The smallest absolute Gasteiger partial charge is 0.330 e. The van der Waals surface area contributed by atoms with E-state index >= 15 is 0 Å². The maximum Gasteiger partial charge on any atom is 0.330 e. The summed E-state index contributed by atoms with van der Waals surface area (Å²) in [5.74, 6) is -0.837. The highest BCUT2D eigenvalue weighted by Gasteiger charge is 2.21. The number of halogens is 1. The normalized spacial score (nSPS) is 10.6. The molecule has 0 aliphatic heterocycles. The molecule has 0 bridgehead atoms. The summed E-state index contributed by atoms with van der Waals surface area (Å²) >= 11 is 6.02. The van der Waals surface area contributed by atoms with Crippen molar-refractivity contribution in [3.63, 3.8) is 0 Å². The first-order valence-corrected chi connectivity index (χ1v) is 10.2. The molecule has 11 heteroatoms. The lowest BCUT2D eigenvalue weighted by Crippen LogP contribution is -2.43. The third kappa shape index (κ3) is 6.11. The van der Waals surface area contributed by atoms with E-state index in [-0.39, 0.29) is 24.6 Å². The molecule has 2 aromatic rings. The van der Waals surface area contributed by atoms with E-state index in [1.165, 1.54) is 28.5 Å². The molecule has 1 heterocycles. The Kier molecular flexibility index (Phi) is 8.26. The molecule has 2 amide bonds. The van der Waals surface area contributed by atoms with Gasteiger partial charge in [-0.1, -0.05) is 37.1 Å². The van der Waals surface area contributed by atoms with Crippen LogP contribution in [0.3, 0.4) is 0 Å². The zero-order chi connectivity index (χ0) is 23.1. The molecule has 0 aliphatic rings. The highest BCUT2D eigenvalue weighted by Crippen LogP contribution is 2.20. The number of benzene rings is 1. The van der Waals surface area contributed by atoms with Gasteiger partial charge in [-0.05, 0) is 18.6 Å². The highest BCUT2D eigenvalue weighted by atomic mass is 35.5. The van der Waals surface area contributed by atoms with Crippen molar-refractivity contribution in [1.29, 1.82) is 0 Å². The van der Waals surface area contributed by atoms with Crippen LogP contribution in [0.15, 0.2) is 33.9 Å². The summed E-state index contributed by atoms with van der Waals surface area (Å²) in [4.78, 5) is 54.0. The van der Waals surface area contributed by atoms with Gasteiger partial charge in [-0.25, -0.2) is 4.79 Å². The number of aromatic amines is 1. The van der Waals surface area contributed by atoms with E-state index < -0.39 is 23.1 Å². The number of nitrogens with one attached hydrogen (secondary N) is 2. The van der Waals surface area contributed by atoms with Crippen molar-refractivity contribution in [3.8, 4) is 0 Å². The van der Waals surface area contributed by atoms with Crippen molar-refractivity contribution >= 4 is 40.6 Å². The quantitative estimate of drug-likeness (QED) is 0.524. The van der Waals surface area contributed by atoms with Crippen molar-refractivity contribution in [2.75, 3.05) is 43.1 Å². The Hall–Kier alpha value is -3.27. The van der Waals surface area contributed by atoms with Gasteiger partial charge in [-0.3, -0.25) is 23.9 Å². The first-order chi connectivity index (χ1) is 14.6. The summed E-state index contributed by atoms with van der Waals surface area (Å²) in [6.45, 7) is 1.90. The standard InChI is InChI=1S/C20H27ClN6O4/c1-4-5-10-27-18(22)17(19(30)24-20(27)31)26(3)12-16(29)25(2)11-15(28)23-14-9-7-6-8-13(14)21/h6-9H,4-5,10-12,22H2,1-3H3,(H,23,28)(H,24,30,31). The molecular formula is C20H27ClN6O4. The molecule has 0 atom stereocenters. The van der Waals surface area contributed by atoms with E-state index in [0.29, 0.717) is 23.7 Å². The van der Waals surface area contributed by atoms with Gasteiger partial charge in [0.25, 0.3) is 5.56 Å².